The lowest BCUT2D eigenvalue weighted by atomic mass is 10.1. The normalized spacial score (nSPS) is 16.4. The number of hydrogen-bond donors (Lipinski definition) is 1. The Bertz CT molecular complexity index is 437. The van der Waals surface area contributed by atoms with Crippen molar-refractivity contribution >= 4 is 38.0 Å². The summed E-state index contributed by atoms with van der Waals surface area (Å²) in [5.74, 6) is 0.886. The van der Waals surface area contributed by atoms with E-state index in [1.165, 1.54) is 0 Å². The monoisotopic (exact) mass is 408 g/mol. The molecule has 0 bridgehead atoms. The van der Waals surface area contributed by atoms with Crippen LogP contribution in [0.1, 0.15) is 25.5 Å². The molecule has 5 nitrogen and oxygen atoms in total. The van der Waals surface area contributed by atoms with E-state index in [1.54, 1.807) is 4.90 Å². The number of nitrogens with one attached hydrogen (secondary N) is 1. The van der Waals surface area contributed by atoms with Crippen LogP contribution in [0.2, 0.25) is 0 Å². The first-order valence-electron chi connectivity index (χ1n) is 6.69. The van der Waals surface area contributed by atoms with Gasteiger partial charge in [-0.2, -0.15) is 0 Å². The third-order valence-electron chi connectivity index (χ3n) is 3.28. The van der Waals surface area contributed by atoms with E-state index in [2.05, 4.69) is 37.2 Å². The molecule has 20 heavy (non-hydrogen) atoms. The molecule has 0 saturated carbocycles. The lowest BCUT2D eigenvalue weighted by Crippen LogP contribution is -2.44. The highest BCUT2D eigenvalue weighted by atomic mass is 79.9. The number of carbonyl (C=O) groups excluding carboxylic acids is 1. The Kier molecular flexibility index (Phi) is 5.92. The minimum Gasteiger partial charge on any atom is -0.452 e. The number of halogens is 2. The van der Waals surface area contributed by atoms with Gasteiger partial charge in [-0.15, -0.1) is 0 Å². The Morgan fingerprint density at radius 3 is 2.75 bits per heavy atom. The molecular weight excluding hydrogens is 392 g/mol. The van der Waals surface area contributed by atoms with E-state index in [9.17, 15) is 4.79 Å². The van der Waals surface area contributed by atoms with Gasteiger partial charge in [0.15, 0.2) is 4.67 Å². The van der Waals surface area contributed by atoms with Crippen molar-refractivity contribution in [3.8, 4) is 0 Å². The van der Waals surface area contributed by atoms with E-state index in [4.69, 9.17) is 9.15 Å². The lowest BCUT2D eigenvalue weighted by molar-refractivity contribution is 0.0948. The predicted molar refractivity (Wildman–Crippen MR) is 82.6 cm³/mol. The Labute approximate surface area is 135 Å². The number of ether oxygens (including phenoxy) is 1. The quantitative estimate of drug-likeness (QED) is 0.826. The van der Waals surface area contributed by atoms with Crippen molar-refractivity contribution in [1.29, 1.82) is 0 Å². The van der Waals surface area contributed by atoms with Crippen LogP contribution in [0.3, 0.4) is 0 Å². The maximum atomic E-state index is 11.6. The number of furan rings is 1. The van der Waals surface area contributed by atoms with E-state index >= 15 is 0 Å². The molecule has 2 rings (SSSR count). The van der Waals surface area contributed by atoms with Gasteiger partial charge in [0.25, 0.3) is 0 Å². The maximum Gasteiger partial charge on any atom is 0.409 e. The number of piperidine rings is 1. The summed E-state index contributed by atoms with van der Waals surface area (Å²) in [6.07, 6.45) is 1.66. The summed E-state index contributed by atoms with van der Waals surface area (Å²) >= 11 is 6.72. The first kappa shape index (κ1) is 15.9. The van der Waals surface area contributed by atoms with Gasteiger partial charge in [-0.1, -0.05) is 0 Å². The molecule has 1 aliphatic heterocycles. The molecule has 1 fully saturated rings. The molecule has 1 aromatic heterocycles. The molecular formula is C13H18Br2N2O3. The molecule has 1 aliphatic rings. The van der Waals surface area contributed by atoms with Gasteiger partial charge >= 0.3 is 6.09 Å². The van der Waals surface area contributed by atoms with Crippen LogP contribution in [0.4, 0.5) is 4.79 Å². The van der Waals surface area contributed by atoms with Gasteiger partial charge in [-0.3, -0.25) is 0 Å². The predicted octanol–water partition coefficient (Wildman–Crippen LogP) is 3.52. The van der Waals surface area contributed by atoms with Gasteiger partial charge in [-0.25, -0.2) is 4.79 Å². The zero-order valence-corrected chi connectivity index (χ0v) is 14.5. The summed E-state index contributed by atoms with van der Waals surface area (Å²) in [4.78, 5) is 13.3. The molecule has 1 aromatic rings. The molecule has 0 aliphatic carbocycles. The summed E-state index contributed by atoms with van der Waals surface area (Å²) < 4.78 is 12.2. The van der Waals surface area contributed by atoms with Crippen molar-refractivity contribution in [3.05, 3.63) is 21.0 Å². The van der Waals surface area contributed by atoms with Gasteiger partial charge < -0.3 is 19.4 Å². The largest absolute Gasteiger partial charge is 0.452 e. The van der Waals surface area contributed by atoms with Crippen LogP contribution in [-0.4, -0.2) is 36.7 Å². The van der Waals surface area contributed by atoms with Crippen LogP contribution in [0.5, 0.6) is 0 Å². The third kappa shape index (κ3) is 4.23. The second-order valence-corrected chi connectivity index (χ2v) is 6.25. The van der Waals surface area contributed by atoms with Gasteiger partial charge in [-0.05, 0) is 57.7 Å². The van der Waals surface area contributed by atoms with Gasteiger partial charge in [0.05, 0.1) is 17.6 Å². The van der Waals surface area contributed by atoms with Crippen molar-refractivity contribution < 1.29 is 13.9 Å². The lowest BCUT2D eigenvalue weighted by Gasteiger charge is -2.31. The molecule has 0 aromatic carbocycles. The molecule has 2 heterocycles. The number of nitrogens with zero attached hydrogens (tertiary/aromatic N) is 1. The average molecular weight is 410 g/mol. The maximum absolute atomic E-state index is 11.6. The smallest absolute Gasteiger partial charge is 0.409 e. The minimum absolute atomic E-state index is 0.204. The van der Waals surface area contributed by atoms with Crippen LogP contribution in [0, 0.1) is 0 Å². The Balaban J connectivity index is 1.73. The molecule has 1 saturated heterocycles. The zero-order valence-electron chi connectivity index (χ0n) is 11.3. The van der Waals surface area contributed by atoms with E-state index in [0.29, 0.717) is 23.9 Å². The van der Waals surface area contributed by atoms with Gasteiger partial charge in [0, 0.05) is 19.1 Å². The summed E-state index contributed by atoms with van der Waals surface area (Å²) in [6, 6.07) is 2.36. The van der Waals surface area contributed by atoms with Crippen molar-refractivity contribution in [1.82, 2.24) is 10.2 Å². The van der Waals surface area contributed by atoms with E-state index < -0.39 is 0 Å². The molecule has 0 unspecified atom stereocenters. The highest BCUT2D eigenvalue weighted by Gasteiger charge is 2.23. The number of carbonyl (C=O) groups is 1. The first-order valence-corrected chi connectivity index (χ1v) is 8.27. The SMILES string of the molecule is CCOC(=O)N1CCC(NCc2cc(Br)c(Br)o2)CC1. The average Bonchev–Trinajstić information content (AvgIpc) is 2.76. The number of hydrogen-bond acceptors (Lipinski definition) is 4. The third-order valence-corrected chi connectivity index (χ3v) is 4.99. The van der Waals surface area contributed by atoms with Crippen molar-refractivity contribution in [2.45, 2.75) is 32.4 Å². The van der Waals surface area contributed by atoms with Gasteiger partial charge in [0.1, 0.15) is 5.76 Å². The Hall–Kier alpha value is -0.530. The molecule has 1 N–H and O–H groups in total. The molecule has 1 amide bonds. The van der Waals surface area contributed by atoms with E-state index in [-0.39, 0.29) is 6.09 Å². The highest BCUT2D eigenvalue weighted by Crippen LogP contribution is 2.26. The molecule has 7 heteroatoms. The fourth-order valence-electron chi connectivity index (χ4n) is 2.20. The van der Waals surface area contributed by atoms with Gasteiger partial charge in [0.2, 0.25) is 0 Å². The number of amides is 1. The second kappa shape index (κ2) is 7.47. The Morgan fingerprint density at radius 2 is 2.20 bits per heavy atom. The van der Waals surface area contributed by atoms with Crippen LogP contribution in [-0.2, 0) is 11.3 Å². The van der Waals surface area contributed by atoms with E-state index in [1.807, 2.05) is 13.0 Å². The fraction of sp³-hybridized carbons (Fsp3) is 0.615. The van der Waals surface area contributed by atoms with Crippen LogP contribution < -0.4 is 5.32 Å². The van der Waals surface area contributed by atoms with Crippen molar-refractivity contribution in [2.75, 3.05) is 19.7 Å². The fourth-order valence-corrected chi connectivity index (χ4v) is 2.86. The molecule has 0 radical (unpaired) electrons. The standard InChI is InChI=1S/C13H18Br2N2O3/c1-2-19-13(18)17-5-3-9(4-6-17)16-8-10-7-11(14)12(15)20-10/h7,9,16H,2-6,8H2,1H3. The van der Waals surface area contributed by atoms with Crippen LogP contribution in [0.15, 0.2) is 19.6 Å². The summed E-state index contributed by atoms with van der Waals surface area (Å²) in [7, 11) is 0. The number of likely N-dealkylation sites (tertiary alicyclic amines) is 1. The van der Waals surface area contributed by atoms with Crippen LogP contribution in [0.25, 0.3) is 0 Å². The molecule has 112 valence electrons. The highest BCUT2D eigenvalue weighted by molar-refractivity contribution is 9.13. The van der Waals surface area contributed by atoms with E-state index in [0.717, 1.165) is 36.2 Å². The Morgan fingerprint density at radius 1 is 1.50 bits per heavy atom. The summed E-state index contributed by atoms with van der Waals surface area (Å²) in [5, 5.41) is 3.46. The molecule has 0 atom stereocenters. The van der Waals surface area contributed by atoms with Crippen LogP contribution >= 0.6 is 31.9 Å². The summed E-state index contributed by atoms with van der Waals surface area (Å²) in [5.41, 5.74) is 0. The zero-order chi connectivity index (χ0) is 14.5. The second-order valence-electron chi connectivity index (χ2n) is 4.68. The van der Waals surface area contributed by atoms with Crippen molar-refractivity contribution in [3.63, 3.8) is 0 Å². The topological polar surface area (TPSA) is 54.7 Å². The molecule has 0 spiro atoms. The minimum atomic E-state index is -0.204. The number of rotatable bonds is 4. The summed E-state index contributed by atoms with van der Waals surface area (Å²) in [6.45, 7) is 4.42. The first-order chi connectivity index (χ1) is 9.60. The van der Waals surface area contributed by atoms with Crippen molar-refractivity contribution in [2.24, 2.45) is 0 Å².